The van der Waals surface area contributed by atoms with Crippen molar-refractivity contribution in [3.05, 3.63) is 35.4 Å². The maximum Gasteiger partial charge on any atom is 0.0713 e. The summed E-state index contributed by atoms with van der Waals surface area (Å²) in [5.41, 5.74) is 2.87. The highest BCUT2D eigenvalue weighted by molar-refractivity contribution is 5.22. The van der Waals surface area contributed by atoms with Gasteiger partial charge in [0.25, 0.3) is 0 Å². The molecule has 0 atom stereocenters. The van der Waals surface area contributed by atoms with Crippen molar-refractivity contribution in [1.29, 1.82) is 0 Å². The first kappa shape index (κ1) is 15.2. The van der Waals surface area contributed by atoms with E-state index in [0.29, 0.717) is 12.1 Å². The zero-order valence-corrected chi connectivity index (χ0v) is 12.3. The minimum Gasteiger partial charge on any atom is -0.380 e. The van der Waals surface area contributed by atoms with Gasteiger partial charge in [0.1, 0.15) is 0 Å². The molecule has 0 unspecified atom stereocenters. The van der Waals surface area contributed by atoms with Crippen molar-refractivity contribution >= 4 is 0 Å². The summed E-state index contributed by atoms with van der Waals surface area (Å²) in [6, 6.07) is 8.66. The van der Waals surface area contributed by atoms with Gasteiger partial charge in [-0.2, -0.15) is 0 Å². The van der Waals surface area contributed by atoms with E-state index < -0.39 is 0 Å². The van der Waals surface area contributed by atoms with E-state index in [1.54, 1.807) is 7.11 Å². The molecule has 0 radical (unpaired) electrons. The summed E-state index contributed by atoms with van der Waals surface area (Å²) < 4.78 is 5.12. The van der Waals surface area contributed by atoms with Crippen molar-refractivity contribution in [2.45, 2.75) is 58.7 Å². The van der Waals surface area contributed by atoms with Crippen LogP contribution in [0, 0.1) is 0 Å². The van der Waals surface area contributed by atoms with E-state index in [1.165, 1.54) is 30.4 Å². The van der Waals surface area contributed by atoms with Gasteiger partial charge in [-0.1, -0.05) is 45.0 Å². The summed E-state index contributed by atoms with van der Waals surface area (Å²) in [4.78, 5) is 0. The molecule has 1 aromatic rings. The third-order valence-electron chi connectivity index (χ3n) is 4.03. The van der Waals surface area contributed by atoms with E-state index in [9.17, 15) is 0 Å². The molecule has 0 aliphatic carbocycles. The molecule has 0 saturated heterocycles. The van der Waals surface area contributed by atoms with Gasteiger partial charge in [0.05, 0.1) is 6.61 Å². The lowest BCUT2D eigenvalue weighted by Crippen LogP contribution is -2.43. The predicted molar refractivity (Wildman–Crippen MR) is 77.6 cm³/mol. The Balaban J connectivity index is 2.57. The van der Waals surface area contributed by atoms with Crippen LogP contribution >= 0.6 is 0 Å². The number of hydrogen-bond donors (Lipinski definition) is 1. The second-order valence-electron chi connectivity index (χ2n) is 4.94. The van der Waals surface area contributed by atoms with Crippen molar-refractivity contribution in [3.8, 4) is 0 Å². The molecule has 1 N–H and O–H groups in total. The average Bonchev–Trinajstić information content (AvgIpc) is 2.43. The van der Waals surface area contributed by atoms with Crippen LogP contribution in [0.15, 0.2) is 24.3 Å². The fourth-order valence-corrected chi connectivity index (χ4v) is 2.33. The topological polar surface area (TPSA) is 21.3 Å². The third-order valence-corrected chi connectivity index (χ3v) is 4.03. The van der Waals surface area contributed by atoms with E-state index in [4.69, 9.17) is 4.74 Å². The highest BCUT2D eigenvalue weighted by atomic mass is 16.5. The van der Waals surface area contributed by atoms with Crippen LogP contribution in [0.5, 0.6) is 0 Å². The smallest absolute Gasteiger partial charge is 0.0713 e. The molecular formula is C16H27NO. The van der Waals surface area contributed by atoms with Crippen LogP contribution in [0.1, 0.15) is 51.2 Å². The fraction of sp³-hybridized carbons (Fsp3) is 0.625. The number of rotatable bonds is 8. The molecule has 0 spiro atoms. The molecule has 102 valence electrons. The van der Waals surface area contributed by atoms with Gasteiger partial charge in [-0.05, 0) is 30.4 Å². The quantitative estimate of drug-likeness (QED) is 0.754. The summed E-state index contributed by atoms with van der Waals surface area (Å²) in [5.74, 6) is 0. The normalized spacial score (nSPS) is 11.8. The first-order valence-corrected chi connectivity index (χ1v) is 7.01. The first-order valence-electron chi connectivity index (χ1n) is 7.01. The van der Waals surface area contributed by atoms with Crippen molar-refractivity contribution < 1.29 is 4.74 Å². The Bertz CT molecular complexity index is 319. The van der Waals surface area contributed by atoms with Crippen LogP contribution in [-0.2, 0) is 17.9 Å². The van der Waals surface area contributed by atoms with Crippen molar-refractivity contribution in [2.75, 3.05) is 7.11 Å². The second kappa shape index (κ2) is 7.55. The molecule has 0 aliphatic rings. The van der Waals surface area contributed by atoms with E-state index in [1.807, 2.05) is 0 Å². The van der Waals surface area contributed by atoms with Crippen LogP contribution in [0.2, 0.25) is 0 Å². The largest absolute Gasteiger partial charge is 0.380 e. The van der Waals surface area contributed by atoms with Crippen LogP contribution in [0.3, 0.4) is 0 Å². The summed E-state index contributed by atoms with van der Waals surface area (Å²) in [6.07, 6.45) is 3.55. The Kier molecular flexibility index (Phi) is 6.37. The van der Waals surface area contributed by atoms with Gasteiger partial charge in [-0.25, -0.2) is 0 Å². The number of hydrogen-bond acceptors (Lipinski definition) is 2. The summed E-state index contributed by atoms with van der Waals surface area (Å²) in [5, 5.41) is 3.72. The molecule has 0 fully saturated rings. The van der Waals surface area contributed by atoms with E-state index in [-0.39, 0.29) is 0 Å². The SMILES string of the molecule is CCC(CC)(CC)NCc1ccc(COC)cc1. The molecule has 2 heteroatoms. The van der Waals surface area contributed by atoms with Gasteiger partial charge in [0.15, 0.2) is 0 Å². The zero-order valence-electron chi connectivity index (χ0n) is 12.3. The van der Waals surface area contributed by atoms with Gasteiger partial charge in [0.2, 0.25) is 0 Å². The van der Waals surface area contributed by atoms with Crippen molar-refractivity contribution in [3.63, 3.8) is 0 Å². The first-order chi connectivity index (χ1) is 8.69. The van der Waals surface area contributed by atoms with Gasteiger partial charge in [0, 0.05) is 19.2 Å². The van der Waals surface area contributed by atoms with Crippen LogP contribution in [0.4, 0.5) is 0 Å². The summed E-state index contributed by atoms with van der Waals surface area (Å²) in [6.45, 7) is 8.43. The second-order valence-corrected chi connectivity index (χ2v) is 4.94. The molecule has 0 bridgehead atoms. The summed E-state index contributed by atoms with van der Waals surface area (Å²) >= 11 is 0. The van der Waals surface area contributed by atoms with Crippen LogP contribution < -0.4 is 5.32 Å². The fourth-order valence-electron chi connectivity index (χ4n) is 2.33. The van der Waals surface area contributed by atoms with Crippen LogP contribution in [-0.4, -0.2) is 12.6 Å². The van der Waals surface area contributed by atoms with E-state index in [2.05, 4.69) is 50.4 Å². The molecule has 0 aliphatic heterocycles. The Morgan fingerprint density at radius 1 is 0.944 bits per heavy atom. The molecule has 0 heterocycles. The van der Waals surface area contributed by atoms with E-state index >= 15 is 0 Å². The lowest BCUT2D eigenvalue weighted by molar-refractivity contribution is 0.185. The van der Waals surface area contributed by atoms with E-state index in [0.717, 1.165) is 6.54 Å². The number of benzene rings is 1. The number of ether oxygens (including phenoxy) is 1. The lowest BCUT2D eigenvalue weighted by Gasteiger charge is -2.32. The van der Waals surface area contributed by atoms with Crippen molar-refractivity contribution in [2.24, 2.45) is 0 Å². The molecule has 18 heavy (non-hydrogen) atoms. The van der Waals surface area contributed by atoms with Crippen molar-refractivity contribution in [1.82, 2.24) is 5.32 Å². The minimum absolute atomic E-state index is 0.297. The number of methoxy groups -OCH3 is 1. The third kappa shape index (κ3) is 4.11. The minimum atomic E-state index is 0.297. The molecule has 1 rings (SSSR count). The van der Waals surface area contributed by atoms with Gasteiger partial charge in [-0.3, -0.25) is 0 Å². The molecule has 1 aromatic carbocycles. The summed E-state index contributed by atoms with van der Waals surface area (Å²) in [7, 11) is 1.73. The Labute approximate surface area is 112 Å². The predicted octanol–water partition coefficient (Wildman–Crippen LogP) is 3.89. The monoisotopic (exact) mass is 249 g/mol. The Morgan fingerprint density at radius 2 is 1.44 bits per heavy atom. The molecular weight excluding hydrogens is 222 g/mol. The standard InChI is InChI=1S/C16H27NO/c1-5-16(6-2,7-3)17-12-14-8-10-15(11-9-14)13-18-4/h8-11,17H,5-7,12-13H2,1-4H3. The highest BCUT2D eigenvalue weighted by Gasteiger charge is 2.22. The van der Waals surface area contributed by atoms with Crippen LogP contribution in [0.25, 0.3) is 0 Å². The molecule has 2 nitrogen and oxygen atoms in total. The maximum atomic E-state index is 5.12. The van der Waals surface area contributed by atoms with Gasteiger partial charge < -0.3 is 10.1 Å². The zero-order chi connectivity index (χ0) is 13.4. The number of nitrogens with one attached hydrogen (secondary N) is 1. The Morgan fingerprint density at radius 3 is 1.89 bits per heavy atom. The average molecular weight is 249 g/mol. The molecule has 0 amide bonds. The molecule has 0 saturated carbocycles. The van der Waals surface area contributed by atoms with Gasteiger partial charge >= 0.3 is 0 Å². The highest BCUT2D eigenvalue weighted by Crippen LogP contribution is 2.20. The lowest BCUT2D eigenvalue weighted by atomic mass is 9.89. The Hall–Kier alpha value is -0.860. The maximum absolute atomic E-state index is 5.12. The van der Waals surface area contributed by atoms with Gasteiger partial charge in [-0.15, -0.1) is 0 Å². The molecule has 0 aromatic heterocycles.